The van der Waals surface area contributed by atoms with Crippen molar-refractivity contribution >= 4 is 40.8 Å². The molecule has 0 spiro atoms. The summed E-state index contributed by atoms with van der Waals surface area (Å²) in [5.41, 5.74) is 0.539. The molecule has 0 aromatic heterocycles. The molecule has 1 rings (SSSR count). The summed E-state index contributed by atoms with van der Waals surface area (Å²) < 4.78 is 0. The van der Waals surface area contributed by atoms with E-state index in [-0.39, 0.29) is 6.54 Å². The van der Waals surface area contributed by atoms with Crippen LogP contribution in [-0.4, -0.2) is 25.0 Å². The minimum Gasteiger partial charge on any atom is -0.375 e. The average molecular weight is 318 g/mol. The summed E-state index contributed by atoms with van der Waals surface area (Å²) in [4.78, 5) is 22.9. The van der Waals surface area contributed by atoms with Crippen molar-refractivity contribution in [2.45, 2.75) is 13.8 Å². The molecule has 5 nitrogen and oxygen atoms in total. The van der Waals surface area contributed by atoms with Gasteiger partial charge in [-0.25, -0.2) is 4.79 Å². The maximum absolute atomic E-state index is 11.6. The van der Waals surface area contributed by atoms with Gasteiger partial charge in [0.1, 0.15) is 0 Å². The molecule has 0 saturated heterocycles. The Labute approximate surface area is 128 Å². The van der Waals surface area contributed by atoms with Gasteiger partial charge >= 0.3 is 6.03 Å². The van der Waals surface area contributed by atoms with Crippen molar-refractivity contribution in [1.82, 2.24) is 10.6 Å². The molecule has 3 amide bonds. The first-order valence-corrected chi connectivity index (χ1v) is 6.91. The lowest BCUT2D eigenvalue weighted by molar-refractivity contribution is -0.118. The van der Waals surface area contributed by atoms with E-state index in [1.807, 2.05) is 13.8 Å². The van der Waals surface area contributed by atoms with Gasteiger partial charge in [-0.3, -0.25) is 10.1 Å². The summed E-state index contributed by atoms with van der Waals surface area (Å²) >= 11 is 11.8. The molecule has 1 aromatic rings. The van der Waals surface area contributed by atoms with E-state index in [9.17, 15) is 9.59 Å². The number of nitrogens with one attached hydrogen (secondary N) is 3. The summed E-state index contributed by atoms with van der Waals surface area (Å²) in [5, 5.41) is 8.35. The Morgan fingerprint density at radius 2 is 1.95 bits per heavy atom. The minimum absolute atomic E-state index is 0.0742. The lowest BCUT2D eigenvalue weighted by atomic mass is 10.2. The fourth-order valence-electron chi connectivity index (χ4n) is 1.33. The number of imide groups is 1. The number of benzene rings is 1. The molecule has 0 aliphatic carbocycles. The van der Waals surface area contributed by atoms with Crippen molar-refractivity contribution < 1.29 is 9.59 Å². The van der Waals surface area contributed by atoms with Gasteiger partial charge in [0.15, 0.2) is 0 Å². The molecule has 0 heterocycles. The summed E-state index contributed by atoms with van der Waals surface area (Å²) in [6, 6.07) is 4.54. The molecule has 0 fully saturated rings. The van der Waals surface area contributed by atoms with E-state index in [1.165, 1.54) is 0 Å². The second kappa shape index (κ2) is 7.97. The number of amides is 3. The zero-order valence-corrected chi connectivity index (χ0v) is 12.8. The zero-order chi connectivity index (χ0) is 15.1. The second-order valence-corrected chi connectivity index (χ2v) is 5.39. The van der Waals surface area contributed by atoms with Gasteiger partial charge in [0.05, 0.1) is 22.3 Å². The van der Waals surface area contributed by atoms with E-state index < -0.39 is 11.9 Å². The predicted octanol–water partition coefficient (Wildman–Crippen LogP) is 2.89. The lowest BCUT2D eigenvalue weighted by Crippen LogP contribution is -2.43. The number of carbonyl (C=O) groups excluding carboxylic acids is 2. The maximum atomic E-state index is 11.6. The van der Waals surface area contributed by atoms with E-state index in [4.69, 9.17) is 23.2 Å². The van der Waals surface area contributed by atoms with Crippen LogP contribution in [0.25, 0.3) is 0 Å². The highest BCUT2D eigenvalue weighted by molar-refractivity contribution is 6.43. The van der Waals surface area contributed by atoms with Gasteiger partial charge in [0.25, 0.3) is 0 Å². The summed E-state index contributed by atoms with van der Waals surface area (Å²) in [6.07, 6.45) is 0. The summed E-state index contributed by atoms with van der Waals surface area (Å²) in [7, 11) is 0. The molecular formula is C13H17Cl2N3O2. The minimum atomic E-state index is -0.511. The predicted molar refractivity (Wildman–Crippen MR) is 81.3 cm³/mol. The van der Waals surface area contributed by atoms with Crippen LogP contribution in [-0.2, 0) is 4.79 Å². The van der Waals surface area contributed by atoms with E-state index in [0.717, 1.165) is 0 Å². The van der Waals surface area contributed by atoms with E-state index >= 15 is 0 Å². The first-order chi connectivity index (χ1) is 9.40. The molecule has 20 heavy (non-hydrogen) atoms. The van der Waals surface area contributed by atoms with Crippen LogP contribution >= 0.6 is 23.2 Å². The number of carbonyl (C=O) groups is 2. The van der Waals surface area contributed by atoms with Gasteiger partial charge < -0.3 is 10.6 Å². The average Bonchev–Trinajstić information content (AvgIpc) is 2.38. The summed E-state index contributed by atoms with van der Waals surface area (Å²) in [6.45, 7) is 4.36. The second-order valence-electron chi connectivity index (χ2n) is 4.61. The zero-order valence-electron chi connectivity index (χ0n) is 11.3. The number of rotatable bonds is 5. The third-order valence-corrected chi connectivity index (χ3v) is 3.13. The smallest absolute Gasteiger partial charge is 0.321 e. The van der Waals surface area contributed by atoms with Crippen molar-refractivity contribution in [3.05, 3.63) is 28.2 Å². The fourth-order valence-corrected chi connectivity index (χ4v) is 1.70. The molecule has 110 valence electrons. The van der Waals surface area contributed by atoms with Crippen LogP contribution < -0.4 is 16.0 Å². The number of urea groups is 1. The molecule has 0 aliphatic rings. The van der Waals surface area contributed by atoms with Gasteiger partial charge in [-0.1, -0.05) is 43.1 Å². The Bertz CT molecular complexity index is 493. The van der Waals surface area contributed by atoms with Crippen molar-refractivity contribution in [3.8, 4) is 0 Å². The molecular weight excluding hydrogens is 301 g/mol. The van der Waals surface area contributed by atoms with Gasteiger partial charge in [0.2, 0.25) is 5.91 Å². The Morgan fingerprint density at radius 3 is 2.60 bits per heavy atom. The van der Waals surface area contributed by atoms with Gasteiger partial charge in [-0.05, 0) is 18.1 Å². The Balaban J connectivity index is 2.40. The summed E-state index contributed by atoms with van der Waals surface area (Å²) in [5.74, 6) is -0.137. The van der Waals surface area contributed by atoms with E-state index in [1.54, 1.807) is 18.2 Å². The maximum Gasteiger partial charge on any atom is 0.321 e. The van der Waals surface area contributed by atoms with Crippen LogP contribution in [0.15, 0.2) is 18.2 Å². The number of halogens is 2. The van der Waals surface area contributed by atoms with Gasteiger partial charge in [0, 0.05) is 6.54 Å². The largest absolute Gasteiger partial charge is 0.375 e. The first kappa shape index (κ1) is 16.6. The molecule has 3 N–H and O–H groups in total. The highest BCUT2D eigenvalue weighted by Gasteiger charge is 2.09. The molecule has 0 atom stereocenters. The molecule has 7 heteroatoms. The van der Waals surface area contributed by atoms with Crippen LogP contribution in [0.4, 0.5) is 10.5 Å². The number of hydrogen-bond acceptors (Lipinski definition) is 3. The van der Waals surface area contributed by atoms with Crippen LogP contribution in [0.5, 0.6) is 0 Å². The van der Waals surface area contributed by atoms with Crippen LogP contribution in [0.2, 0.25) is 10.0 Å². The monoisotopic (exact) mass is 317 g/mol. The standard InChI is InChI=1S/C13H17Cl2N3O2/c1-8(2)6-17-13(20)18-11(19)7-16-10-5-3-4-9(14)12(10)15/h3-5,8,16H,6-7H2,1-2H3,(H2,17,18,19,20). The highest BCUT2D eigenvalue weighted by atomic mass is 35.5. The molecule has 0 aliphatic heterocycles. The normalized spacial score (nSPS) is 10.2. The third kappa shape index (κ3) is 5.67. The molecule has 0 radical (unpaired) electrons. The number of anilines is 1. The number of hydrogen-bond donors (Lipinski definition) is 3. The topological polar surface area (TPSA) is 70.2 Å². The van der Waals surface area contributed by atoms with Crippen LogP contribution in [0.1, 0.15) is 13.8 Å². The SMILES string of the molecule is CC(C)CNC(=O)NC(=O)CNc1cccc(Cl)c1Cl. The molecule has 1 aromatic carbocycles. The van der Waals surface area contributed by atoms with Gasteiger partial charge in [-0.15, -0.1) is 0 Å². The van der Waals surface area contributed by atoms with Crippen molar-refractivity contribution in [1.29, 1.82) is 0 Å². The van der Waals surface area contributed by atoms with Crippen molar-refractivity contribution in [2.75, 3.05) is 18.4 Å². The Kier molecular flexibility index (Phi) is 6.61. The Hall–Kier alpha value is -1.46. The molecule has 0 unspecified atom stereocenters. The highest BCUT2D eigenvalue weighted by Crippen LogP contribution is 2.29. The van der Waals surface area contributed by atoms with Gasteiger partial charge in [-0.2, -0.15) is 0 Å². The third-order valence-electron chi connectivity index (χ3n) is 2.31. The molecule has 0 bridgehead atoms. The van der Waals surface area contributed by atoms with Crippen LogP contribution in [0.3, 0.4) is 0 Å². The first-order valence-electron chi connectivity index (χ1n) is 6.15. The van der Waals surface area contributed by atoms with E-state index in [0.29, 0.717) is 28.2 Å². The quantitative estimate of drug-likeness (QED) is 0.782. The lowest BCUT2D eigenvalue weighted by Gasteiger charge is -2.10. The van der Waals surface area contributed by atoms with Crippen LogP contribution in [0, 0.1) is 5.92 Å². The Morgan fingerprint density at radius 1 is 1.25 bits per heavy atom. The van der Waals surface area contributed by atoms with Crippen molar-refractivity contribution in [3.63, 3.8) is 0 Å². The van der Waals surface area contributed by atoms with Crippen molar-refractivity contribution in [2.24, 2.45) is 5.92 Å². The fraction of sp³-hybridized carbons (Fsp3) is 0.385. The van der Waals surface area contributed by atoms with E-state index in [2.05, 4.69) is 16.0 Å². The molecule has 0 saturated carbocycles.